The standard InChI is InChI=1S/C30H29F10NO4/c1-14-24(15-7-17(28(32,33)34)9-18(8-15)29(35,36)37)45-26(43)41(14)13-16-12-27(2,3)6-5-19(16)20-10-21(25(42)30(38,39)40)22(31)11-23(20)44-4/h7-11,14,24,26,43H,5-6,12-13H2,1-4H3. The van der Waals surface area contributed by atoms with Crippen LogP contribution in [-0.4, -0.2) is 48.1 Å². The zero-order chi connectivity index (χ0) is 33.9. The van der Waals surface area contributed by atoms with E-state index in [2.05, 4.69) is 0 Å². The Morgan fingerprint density at radius 1 is 1.00 bits per heavy atom. The number of benzene rings is 2. The number of ether oxygens (including phenoxy) is 2. The predicted molar refractivity (Wildman–Crippen MR) is 140 cm³/mol. The fourth-order valence-electron chi connectivity index (χ4n) is 5.82. The average Bonchev–Trinajstić information content (AvgIpc) is 3.19. The second kappa shape index (κ2) is 11.9. The third-order valence-electron chi connectivity index (χ3n) is 8.11. The number of hydrogen-bond donors (Lipinski definition) is 1. The highest BCUT2D eigenvalue weighted by atomic mass is 19.4. The maximum Gasteiger partial charge on any atom is 0.454 e. The lowest BCUT2D eigenvalue weighted by molar-refractivity contribution is -0.150. The zero-order valence-electron chi connectivity index (χ0n) is 24.3. The lowest BCUT2D eigenvalue weighted by atomic mass is 9.72. The van der Waals surface area contributed by atoms with Crippen LogP contribution in [0.4, 0.5) is 43.9 Å². The van der Waals surface area contributed by atoms with Gasteiger partial charge >= 0.3 is 18.5 Å². The van der Waals surface area contributed by atoms with Crippen LogP contribution < -0.4 is 4.74 Å². The molecule has 1 N–H and O–H groups in total. The molecular formula is C30H29F10NO4. The normalized spacial score (nSPS) is 23.0. The lowest BCUT2D eigenvalue weighted by Gasteiger charge is -2.36. The molecule has 1 saturated heterocycles. The molecular weight excluding hydrogens is 628 g/mol. The molecule has 4 rings (SSSR count). The molecule has 2 aromatic carbocycles. The summed E-state index contributed by atoms with van der Waals surface area (Å²) in [5.41, 5.74) is -4.28. The Morgan fingerprint density at radius 3 is 2.09 bits per heavy atom. The number of carbonyl (C=O) groups excluding carboxylic acids is 1. The number of methoxy groups -OCH3 is 1. The quantitative estimate of drug-likeness (QED) is 0.250. The van der Waals surface area contributed by atoms with Crippen LogP contribution in [0.25, 0.3) is 5.57 Å². The van der Waals surface area contributed by atoms with E-state index in [4.69, 9.17) is 9.47 Å². The van der Waals surface area contributed by atoms with Gasteiger partial charge in [-0.1, -0.05) is 19.4 Å². The molecule has 15 heteroatoms. The van der Waals surface area contributed by atoms with Gasteiger partial charge in [-0.3, -0.25) is 4.79 Å². The molecule has 3 unspecified atom stereocenters. The summed E-state index contributed by atoms with van der Waals surface area (Å²) < 4.78 is 146. The molecule has 1 aliphatic heterocycles. The summed E-state index contributed by atoms with van der Waals surface area (Å²) in [5, 5.41) is 10.8. The molecule has 2 aromatic rings. The Hall–Kier alpha value is -3.17. The van der Waals surface area contributed by atoms with E-state index in [1.165, 1.54) is 11.8 Å². The first kappa shape index (κ1) is 34.7. The maximum atomic E-state index is 14.6. The number of halogens is 10. The van der Waals surface area contributed by atoms with Crippen molar-refractivity contribution in [2.24, 2.45) is 5.41 Å². The van der Waals surface area contributed by atoms with Crippen LogP contribution in [0.15, 0.2) is 35.9 Å². The topological polar surface area (TPSA) is 59.0 Å². The van der Waals surface area contributed by atoms with Crippen LogP contribution >= 0.6 is 0 Å². The van der Waals surface area contributed by atoms with E-state index in [1.807, 2.05) is 13.8 Å². The van der Waals surface area contributed by atoms with Crippen molar-refractivity contribution >= 4 is 11.4 Å². The molecule has 0 saturated carbocycles. The van der Waals surface area contributed by atoms with Gasteiger partial charge in [0, 0.05) is 24.2 Å². The van der Waals surface area contributed by atoms with E-state index < -0.39 is 70.9 Å². The number of rotatable bonds is 6. The van der Waals surface area contributed by atoms with Crippen molar-refractivity contribution in [1.29, 1.82) is 0 Å². The molecule has 1 fully saturated rings. The molecule has 248 valence electrons. The average molecular weight is 658 g/mol. The molecule has 0 bridgehead atoms. The van der Waals surface area contributed by atoms with E-state index in [0.717, 1.165) is 13.2 Å². The summed E-state index contributed by atoms with van der Waals surface area (Å²) in [6.45, 7) is 5.05. The molecule has 1 heterocycles. The highest BCUT2D eigenvalue weighted by molar-refractivity contribution is 6.01. The minimum absolute atomic E-state index is 0.00325. The highest BCUT2D eigenvalue weighted by Gasteiger charge is 2.45. The number of aliphatic hydroxyl groups is 1. The number of alkyl halides is 9. The number of nitrogens with zero attached hydrogens (tertiary/aromatic N) is 1. The van der Waals surface area contributed by atoms with E-state index in [1.54, 1.807) is 0 Å². The van der Waals surface area contributed by atoms with Gasteiger partial charge < -0.3 is 14.6 Å². The third kappa shape index (κ3) is 7.30. The minimum atomic E-state index is -5.37. The van der Waals surface area contributed by atoms with E-state index in [-0.39, 0.29) is 42.2 Å². The fraction of sp³-hybridized carbons (Fsp3) is 0.500. The lowest BCUT2D eigenvalue weighted by Crippen LogP contribution is -2.38. The summed E-state index contributed by atoms with van der Waals surface area (Å²) in [4.78, 5) is 13.3. The van der Waals surface area contributed by atoms with Crippen molar-refractivity contribution in [3.8, 4) is 5.75 Å². The van der Waals surface area contributed by atoms with E-state index >= 15 is 0 Å². The first-order valence-corrected chi connectivity index (χ1v) is 13.6. The summed E-state index contributed by atoms with van der Waals surface area (Å²) in [7, 11) is 1.16. The minimum Gasteiger partial charge on any atom is -0.496 e. The molecule has 0 aromatic heterocycles. The Kier molecular flexibility index (Phi) is 9.16. The van der Waals surface area contributed by atoms with Gasteiger partial charge in [-0.15, -0.1) is 0 Å². The number of ketones is 1. The van der Waals surface area contributed by atoms with Gasteiger partial charge in [0.05, 0.1) is 23.8 Å². The van der Waals surface area contributed by atoms with Gasteiger partial charge in [0.1, 0.15) is 17.7 Å². The van der Waals surface area contributed by atoms with Crippen LogP contribution in [0, 0.1) is 11.2 Å². The molecule has 0 radical (unpaired) electrons. The Bertz CT molecular complexity index is 1460. The molecule has 0 amide bonds. The zero-order valence-corrected chi connectivity index (χ0v) is 24.3. The smallest absolute Gasteiger partial charge is 0.454 e. The van der Waals surface area contributed by atoms with Crippen molar-refractivity contribution in [2.45, 2.75) is 77.1 Å². The summed E-state index contributed by atoms with van der Waals surface area (Å²) in [6.07, 6.45) is -17.8. The van der Waals surface area contributed by atoms with E-state index in [9.17, 15) is 53.8 Å². The second-order valence-corrected chi connectivity index (χ2v) is 11.9. The van der Waals surface area contributed by atoms with Crippen molar-refractivity contribution in [3.05, 3.63) is 69.5 Å². The maximum absolute atomic E-state index is 14.6. The molecule has 2 aliphatic rings. The van der Waals surface area contributed by atoms with Crippen molar-refractivity contribution < 1.29 is 63.3 Å². The van der Waals surface area contributed by atoms with E-state index in [0.29, 0.717) is 35.8 Å². The van der Waals surface area contributed by atoms with Gasteiger partial charge in [-0.2, -0.15) is 39.5 Å². The summed E-state index contributed by atoms with van der Waals surface area (Å²) in [5.74, 6) is -4.01. The first-order valence-electron chi connectivity index (χ1n) is 13.6. The molecule has 5 nitrogen and oxygen atoms in total. The number of hydrogen-bond acceptors (Lipinski definition) is 5. The number of carbonyl (C=O) groups is 1. The largest absolute Gasteiger partial charge is 0.496 e. The van der Waals surface area contributed by atoms with Crippen molar-refractivity contribution in [3.63, 3.8) is 0 Å². The Morgan fingerprint density at radius 2 is 1.58 bits per heavy atom. The number of Topliss-reactive ketones (excluding diaryl/α,β-unsaturated/α-hetero) is 1. The molecule has 0 spiro atoms. The molecule has 3 atom stereocenters. The highest BCUT2D eigenvalue weighted by Crippen LogP contribution is 2.47. The monoisotopic (exact) mass is 657 g/mol. The third-order valence-corrected chi connectivity index (χ3v) is 8.11. The summed E-state index contributed by atoms with van der Waals surface area (Å²) >= 11 is 0. The second-order valence-electron chi connectivity index (χ2n) is 11.9. The molecule has 45 heavy (non-hydrogen) atoms. The van der Waals surface area contributed by atoms with Gasteiger partial charge in [0.25, 0.3) is 5.78 Å². The Balaban J connectivity index is 1.78. The predicted octanol–water partition coefficient (Wildman–Crippen LogP) is 8.32. The van der Waals surface area contributed by atoms with Gasteiger partial charge in [0.15, 0.2) is 0 Å². The van der Waals surface area contributed by atoms with Crippen LogP contribution in [0.5, 0.6) is 5.75 Å². The molecule has 1 aliphatic carbocycles. The van der Waals surface area contributed by atoms with Crippen LogP contribution in [0.1, 0.15) is 78.7 Å². The Labute approximate surface area is 251 Å². The van der Waals surface area contributed by atoms with Gasteiger partial charge in [-0.25, -0.2) is 9.29 Å². The fourth-order valence-corrected chi connectivity index (χ4v) is 5.82. The van der Waals surface area contributed by atoms with Crippen LogP contribution in [0.2, 0.25) is 0 Å². The van der Waals surface area contributed by atoms with Gasteiger partial charge in [0.2, 0.25) is 6.41 Å². The van der Waals surface area contributed by atoms with Crippen LogP contribution in [-0.2, 0) is 17.1 Å². The first-order chi connectivity index (χ1) is 20.5. The summed E-state index contributed by atoms with van der Waals surface area (Å²) in [6, 6.07) is 1.44. The van der Waals surface area contributed by atoms with Crippen LogP contribution in [0.3, 0.4) is 0 Å². The number of allylic oxidation sites excluding steroid dienone is 1. The van der Waals surface area contributed by atoms with Crippen molar-refractivity contribution in [1.82, 2.24) is 4.90 Å². The number of aliphatic hydroxyl groups excluding tert-OH is 1. The van der Waals surface area contributed by atoms with Crippen molar-refractivity contribution in [2.75, 3.05) is 13.7 Å². The van der Waals surface area contributed by atoms with Gasteiger partial charge in [-0.05, 0) is 67.0 Å². The SMILES string of the molecule is COc1cc(F)c(C(=O)C(F)(F)F)cc1C1=C(CN2C(O)OC(c3cc(C(F)(F)F)cc(C(F)(F)F)c3)C2C)CC(C)(C)CC1.